The molecule has 1 heterocycles. The molecule has 0 fully saturated rings. The van der Waals surface area contributed by atoms with E-state index in [1.165, 1.54) is 30.3 Å². The van der Waals surface area contributed by atoms with Crippen molar-refractivity contribution in [2.75, 3.05) is 0 Å². The highest BCUT2D eigenvalue weighted by Crippen LogP contribution is 2.35. The molecule has 8 heteroatoms. The highest BCUT2D eigenvalue weighted by Gasteiger charge is 2.21. The lowest BCUT2D eigenvalue weighted by molar-refractivity contribution is -0.140. The number of aliphatic hydroxyl groups excluding tert-OH is 1. The number of aromatic nitrogens is 2. The minimum absolute atomic E-state index is 0.0474. The zero-order valence-electron chi connectivity index (χ0n) is 18.2. The number of ketones is 1. The SMILES string of the molecule is CC(C)c1nc(-c2ccc(F)cc2)c(-c2ccc(F)cc2)n1C=C[C@@H](O)CC(=O)CC(=O)O. The van der Waals surface area contributed by atoms with Crippen LogP contribution in [-0.2, 0) is 9.59 Å². The van der Waals surface area contributed by atoms with Crippen molar-refractivity contribution < 1.29 is 28.6 Å². The summed E-state index contributed by atoms with van der Waals surface area (Å²) in [5.41, 5.74) is 2.45. The van der Waals surface area contributed by atoms with Crippen molar-refractivity contribution in [3.05, 3.63) is 72.1 Å². The number of benzene rings is 2. The van der Waals surface area contributed by atoms with Crippen molar-refractivity contribution in [3.63, 3.8) is 0 Å². The van der Waals surface area contributed by atoms with Gasteiger partial charge in [-0.3, -0.25) is 9.59 Å². The first-order valence-electron chi connectivity index (χ1n) is 10.4. The fourth-order valence-corrected chi connectivity index (χ4v) is 3.43. The molecule has 1 aromatic heterocycles. The average molecular weight is 454 g/mol. The lowest BCUT2D eigenvalue weighted by Crippen LogP contribution is -2.14. The van der Waals surface area contributed by atoms with Crippen LogP contribution in [0.4, 0.5) is 8.78 Å². The summed E-state index contributed by atoms with van der Waals surface area (Å²) >= 11 is 0. The largest absolute Gasteiger partial charge is 0.481 e. The van der Waals surface area contributed by atoms with Crippen LogP contribution in [0.1, 0.15) is 38.4 Å². The third-order valence-electron chi connectivity index (χ3n) is 4.93. The van der Waals surface area contributed by atoms with Gasteiger partial charge in [-0.25, -0.2) is 13.8 Å². The van der Waals surface area contributed by atoms with Crippen LogP contribution in [-0.4, -0.2) is 37.6 Å². The summed E-state index contributed by atoms with van der Waals surface area (Å²) in [5.74, 6) is -2.06. The van der Waals surface area contributed by atoms with Gasteiger partial charge in [0.05, 0.1) is 17.5 Å². The maximum absolute atomic E-state index is 13.6. The topological polar surface area (TPSA) is 92.4 Å². The van der Waals surface area contributed by atoms with E-state index >= 15 is 0 Å². The Bertz CT molecular complexity index is 1170. The maximum atomic E-state index is 13.6. The zero-order chi connectivity index (χ0) is 24.1. The molecule has 0 aliphatic carbocycles. The number of carbonyl (C=O) groups is 2. The number of nitrogens with zero attached hydrogens (tertiary/aromatic N) is 2. The molecule has 0 aliphatic heterocycles. The molecule has 2 N–H and O–H groups in total. The summed E-state index contributed by atoms with van der Waals surface area (Å²) in [6, 6.07) is 11.7. The lowest BCUT2D eigenvalue weighted by atomic mass is 10.0. The van der Waals surface area contributed by atoms with Crippen molar-refractivity contribution >= 4 is 18.0 Å². The molecule has 0 aliphatic rings. The summed E-state index contributed by atoms with van der Waals surface area (Å²) in [5, 5.41) is 19.0. The van der Waals surface area contributed by atoms with Crippen LogP contribution in [0, 0.1) is 11.6 Å². The highest BCUT2D eigenvalue weighted by atomic mass is 19.1. The van der Waals surface area contributed by atoms with Gasteiger partial charge in [0.2, 0.25) is 0 Å². The zero-order valence-corrected chi connectivity index (χ0v) is 18.2. The van der Waals surface area contributed by atoms with E-state index in [2.05, 4.69) is 0 Å². The Balaban J connectivity index is 2.10. The van der Waals surface area contributed by atoms with Gasteiger partial charge < -0.3 is 14.8 Å². The minimum Gasteiger partial charge on any atom is -0.481 e. The van der Waals surface area contributed by atoms with E-state index in [1.54, 1.807) is 35.0 Å². The average Bonchev–Trinajstić information content (AvgIpc) is 3.12. The molecule has 2 aromatic carbocycles. The maximum Gasteiger partial charge on any atom is 0.310 e. The van der Waals surface area contributed by atoms with Crippen LogP contribution in [0.25, 0.3) is 28.7 Å². The number of carboxylic acids is 1. The second-order valence-corrected chi connectivity index (χ2v) is 7.93. The van der Waals surface area contributed by atoms with Gasteiger partial charge in [-0.15, -0.1) is 0 Å². The van der Waals surface area contributed by atoms with Gasteiger partial charge in [0.25, 0.3) is 0 Å². The predicted octanol–water partition coefficient (Wildman–Crippen LogP) is 4.88. The van der Waals surface area contributed by atoms with Crippen molar-refractivity contribution in [1.82, 2.24) is 9.55 Å². The molecule has 0 spiro atoms. The van der Waals surface area contributed by atoms with E-state index in [-0.39, 0.29) is 18.2 Å². The molecule has 0 unspecified atom stereocenters. The molecule has 33 heavy (non-hydrogen) atoms. The molecule has 172 valence electrons. The quantitative estimate of drug-likeness (QED) is 0.450. The van der Waals surface area contributed by atoms with Gasteiger partial charge in [-0.1, -0.05) is 13.8 Å². The van der Waals surface area contributed by atoms with E-state index in [1.807, 2.05) is 13.8 Å². The number of carboxylic acid groups (broad SMARTS) is 1. The van der Waals surface area contributed by atoms with Crippen molar-refractivity contribution in [1.29, 1.82) is 0 Å². The van der Waals surface area contributed by atoms with E-state index in [0.29, 0.717) is 28.3 Å². The number of aliphatic carboxylic acids is 1. The van der Waals surface area contributed by atoms with E-state index in [0.717, 1.165) is 0 Å². The molecule has 3 aromatic rings. The Hall–Kier alpha value is -3.65. The molecule has 6 nitrogen and oxygen atoms in total. The van der Waals surface area contributed by atoms with Crippen LogP contribution in [0.2, 0.25) is 0 Å². The van der Waals surface area contributed by atoms with E-state index in [9.17, 15) is 23.5 Å². The number of halogens is 2. The molecular weight excluding hydrogens is 430 g/mol. The van der Waals surface area contributed by atoms with Crippen LogP contribution >= 0.6 is 0 Å². The van der Waals surface area contributed by atoms with Crippen molar-refractivity contribution in [2.45, 2.75) is 38.7 Å². The minimum atomic E-state index is -1.25. The first kappa shape index (κ1) is 24.0. The van der Waals surface area contributed by atoms with E-state index < -0.39 is 30.1 Å². The molecule has 0 amide bonds. The molecule has 0 saturated heterocycles. The predicted molar refractivity (Wildman–Crippen MR) is 120 cm³/mol. The summed E-state index contributed by atoms with van der Waals surface area (Å²) in [6.45, 7) is 3.87. The van der Waals surface area contributed by atoms with Gasteiger partial charge in [0.1, 0.15) is 29.7 Å². The number of imidazole rings is 1. The van der Waals surface area contributed by atoms with Crippen LogP contribution in [0.15, 0.2) is 54.6 Å². The number of hydrogen-bond donors (Lipinski definition) is 2. The summed E-state index contributed by atoms with van der Waals surface area (Å²) in [6.07, 6.45) is 0.741. The Morgan fingerprint density at radius 1 is 1.00 bits per heavy atom. The summed E-state index contributed by atoms with van der Waals surface area (Å²) in [4.78, 5) is 27.2. The number of hydrogen-bond acceptors (Lipinski definition) is 4. The highest BCUT2D eigenvalue weighted by molar-refractivity contribution is 5.95. The number of carbonyl (C=O) groups excluding carboxylic acids is 1. The molecular formula is C25H24F2N2O4. The second-order valence-electron chi connectivity index (χ2n) is 7.93. The Morgan fingerprint density at radius 2 is 1.55 bits per heavy atom. The van der Waals surface area contributed by atoms with Gasteiger partial charge in [-0.2, -0.15) is 0 Å². The molecule has 1 atom stereocenters. The molecule has 0 radical (unpaired) electrons. The van der Waals surface area contributed by atoms with Crippen LogP contribution in [0.5, 0.6) is 0 Å². The lowest BCUT2D eigenvalue weighted by Gasteiger charge is -2.12. The van der Waals surface area contributed by atoms with Gasteiger partial charge in [-0.05, 0) is 54.6 Å². The molecule has 3 rings (SSSR count). The first-order chi connectivity index (χ1) is 15.7. The van der Waals surface area contributed by atoms with E-state index in [4.69, 9.17) is 10.1 Å². The third kappa shape index (κ3) is 5.98. The Kier molecular flexibility index (Phi) is 7.50. The van der Waals surface area contributed by atoms with Crippen LogP contribution < -0.4 is 0 Å². The Morgan fingerprint density at radius 3 is 2.06 bits per heavy atom. The fraction of sp³-hybridized carbons (Fsp3) is 0.240. The fourth-order valence-electron chi connectivity index (χ4n) is 3.43. The second kappa shape index (κ2) is 10.3. The Labute approximate surface area is 189 Å². The molecule has 0 saturated carbocycles. The number of aliphatic hydroxyl groups is 1. The standard InChI is InChI=1S/C25H24F2N2O4/c1-15(2)25-28-23(16-3-7-18(26)8-4-16)24(17-5-9-19(27)10-6-17)29(25)12-11-20(30)13-21(31)14-22(32)33/h3-12,15,20,30H,13-14H2,1-2H3,(H,32,33)/t20-/m1/s1. The summed E-state index contributed by atoms with van der Waals surface area (Å²) < 4.78 is 28.8. The summed E-state index contributed by atoms with van der Waals surface area (Å²) in [7, 11) is 0. The molecule has 0 bridgehead atoms. The van der Waals surface area contributed by atoms with Gasteiger partial charge in [0.15, 0.2) is 0 Å². The van der Waals surface area contributed by atoms with Gasteiger partial charge >= 0.3 is 5.97 Å². The van der Waals surface area contributed by atoms with Crippen LogP contribution in [0.3, 0.4) is 0 Å². The number of Topliss-reactive ketones (excluding diaryl/α,β-unsaturated/α-hetero) is 1. The first-order valence-corrected chi connectivity index (χ1v) is 10.4. The smallest absolute Gasteiger partial charge is 0.310 e. The van der Waals surface area contributed by atoms with Gasteiger partial charge in [0, 0.05) is 29.7 Å². The normalized spacial score (nSPS) is 12.4. The van der Waals surface area contributed by atoms with Crippen molar-refractivity contribution in [3.8, 4) is 22.5 Å². The number of rotatable bonds is 9. The third-order valence-corrected chi connectivity index (χ3v) is 4.93. The monoisotopic (exact) mass is 454 g/mol. The van der Waals surface area contributed by atoms with Crippen molar-refractivity contribution in [2.24, 2.45) is 0 Å².